The van der Waals surface area contributed by atoms with Crippen molar-refractivity contribution in [3.8, 4) is 5.75 Å². The van der Waals surface area contributed by atoms with Gasteiger partial charge in [-0.2, -0.15) is 0 Å². The van der Waals surface area contributed by atoms with Gasteiger partial charge in [0.15, 0.2) is 0 Å². The Hall–Kier alpha value is -2.04. The summed E-state index contributed by atoms with van der Waals surface area (Å²) < 4.78 is 6.44. The fraction of sp³-hybridized carbons (Fsp3) is 0.652. The van der Waals surface area contributed by atoms with Crippen LogP contribution in [0.5, 0.6) is 5.75 Å². The van der Waals surface area contributed by atoms with Crippen LogP contribution in [-0.4, -0.2) is 53.9 Å². The molecule has 28 heavy (non-hydrogen) atoms. The lowest BCUT2D eigenvalue weighted by atomic mass is 9.90. The maximum Gasteiger partial charge on any atom is 0.257 e. The van der Waals surface area contributed by atoms with Crippen LogP contribution in [-0.2, 0) is 4.79 Å². The highest BCUT2D eigenvalue weighted by Gasteiger charge is 2.35. The first kappa shape index (κ1) is 20.7. The van der Waals surface area contributed by atoms with E-state index in [4.69, 9.17) is 4.74 Å². The lowest BCUT2D eigenvalue weighted by Crippen LogP contribution is -2.51. The summed E-state index contributed by atoms with van der Waals surface area (Å²) in [5.41, 5.74) is 0.620. The van der Waals surface area contributed by atoms with Crippen molar-refractivity contribution < 1.29 is 14.3 Å². The normalized spacial score (nSPS) is 23.9. The molecule has 0 unspecified atom stereocenters. The third-order valence-corrected chi connectivity index (χ3v) is 5.86. The number of hydrogen-bond donors (Lipinski definition) is 0. The van der Waals surface area contributed by atoms with Gasteiger partial charge in [0.2, 0.25) is 5.91 Å². The highest BCUT2D eigenvalue weighted by atomic mass is 16.5. The number of nitrogens with zero attached hydrogens (tertiary/aromatic N) is 2. The summed E-state index contributed by atoms with van der Waals surface area (Å²) in [7, 11) is 1.84. The van der Waals surface area contributed by atoms with Crippen LogP contribution in [0.2, 0.25) is 0 Å². The van der Waals surface area contributed by atoms with Gasteiger partial charge >= 0.3 is 0 Å². The van der Waals surface area contributed by atoms with Crippen molar-refractivity contribution in [2.24, 2.45) is 5.92 Å². The monoisotopic (exact) mass is 386 g/mol. The molecule has 3 rings (SSSR count). The second-order valence-corrected chi connectivity index (χ2v) is 8.62. The predicted molar refractivity (Wildman–Crippen MR) is 110 cm³/mol. The standard InChI is InChI=1S/C23H34N2O3/c1-17(2)16-22(26)25-15-9-8-14-24(3)23(27)18-10-4-6-12-20(18)28-21-13-7-5-11-19(21)25/h4,6,10,12,17,19,21H,5,7-9,11,13-16H2,1-3H3/t19-,21+/m1/s1. The minimum atomic E-state index is -0.0523. The summed E-state index contributed by atoms with van der Waals surface area (Å²) in [4.78, 5) is 29.8. The molecule has 1 aliphatic heterocycles. The van der Waals surface area contributed by atoms with Crippen molar-refractivity contribution in [2.75, 3.05) is 20.1 Å². The second kappa shape index (κ2) is 9.44. The molecular formula is C23H34N2O3. The summed E-state index contributed by atoms with van der Waals surface area (Å²) >= 11 is 0. The molecule has 5 nitrogen and oxygen atoms in total. The fourth-order valence-corrected chi connectivity index (χ4v) is 4.36. The van der Waals surface area contributed by atoms with Crippen LogP contribution < -0.4 is 4.74 Å². The molecule has 1 heterocycles. The van der Waals surface area contributed by atoms with E-state index in [-0.39, 0.29) is 24.0 Å². The maximum absolute atomic E-state index is 13.0. The minimum absolute atomic E-state index is 0.0104. The lowest BCUT2D eigenvalue weighted by molar-refractivity contribution is -0.137. The van der Waals surface area contributed by atoms with Gasteiger partial charge in [0, 0.05) is 26.6 Å². The molecule has 1 aliphatic carbocycles. The number of rotatable bonds is 2. The summed E-state index contributed by atoms with van der Waals surface area (Å²) in [6.45, 7) is 5.63. The van der Waals surface area contributed by atoms with Crippen LogP contribution in [0.3, 0.4) is 0 Å². The largest absolute Gasteiger partial charge is 0.487 e. The van der Waals surface area contributed by atoms with E-state index < -0.39 is 0 Å². The van der Waals surface area contributed by atoms with Crippen LogP contribution in [0.15, 0.2) is 24.3 Å². The Morgan fingerprint density at radius 2 is 1.82 bits per heavy atom. The molecular weight excluding hydrogens is 352 g/mol. The highest BCUT2D eigenvalue weighted by molar-refractivity contribution is 5.96. The number of fused-ring (bicyclic) bond motifs is 2. The Balaban J connectivity index is 1.93. The molecule has 2 amide bonds. The molecule has 1 saturated carbocycles. The van der Waals surface area contributed by atoms with Gasteiger partial charge in [0.1, 0.15) is 11.9 Å². The Kier molecular flexibility index (Phi) is 6.97. The molecule has 0 spiro atoms. The van der Waals surface area contributed by atoms with E-state index >= 15 is 0 Å². The lowest BCUT2D eigenvalue weighted by Gasteiger charge is -2.41. The molecule has 0 saturated heterocycles. The van der Waals surface area contributed by atoms with Gasteiger partial charge in [-0.15, -0.1) is 0 Å². The quantitative estimate of drug-likeness (QED) is 0.768. The van der Waals surface area contributed by atoms with Crippen molar-refractivity contribution in [3.05, 3.63) is 29.8 Å². The zero-order valence-corrected chi connectivity index (χ0v) is 17.5. The molecule has 1 aromatic carbocycles. The Bertz CT molecular complexity index is 688. The van der Waals surface area contributed by atoms with E-state index in [2.05, 4.69) is 18.7 Å². The topological polar surface area (TPSA) is 49.9 Å². The first-order valence-electron chi connectivity index (χ1n) is 10.8. The van der Waals surface area contributed by atoms with Crippen LogP contribution in [0.1, 0.15) is 69.2 Å². The van der Waals surface area contributed by atoms with Crippen molar-refractivity contribution in [1.29, 1.82) is 0 Å². The fourth-order valence-electron chi connectivity index (χ4n) is 4.36. The summed E-state index contributed by atoms with van der Waals surface area (Å²) in [6.07, 6.45) is 6.46. The summed E-state index contributed by atoms with van der Waals surface area (Å²) in [5.74, 6) is 1.25. The van der Waals surface area contributed by atoms with Crippen molar-refractivity contribution >= 4 is 11.8 Å². The number of carbonyl (C=O) groups excluding carboxylic acids is 2. The average molecular weight is 387 g/mol. The zero-order chi connectivity index (χ0) is 20.1. The van der Waals surface area contributed by atoms with Gasteiger partial charge in [-0.3, -0.25) is 9.59 Å². The van der Waals surface area contributed by atoms with Crippen molar-refractivity contribution in [2.45, 2.75) is 70.9 Å². The van der Waals surface area contributed by atoms with Gasteiger partial charge in [-0.1, -0.05) is 32.4 Å². The summed E-state index contributed by atoms with van der Waals surface area (Å²) in [5, 5.41) is 0. The molecule has 0 N–H and O–H groups in total. The third-order valence-electron chi connectivity index (χ3n) is 5.86. The first-order valence-corrected chi connectivity index (χ1v) is 10.8. The van der Waals surface area contributed by atoms with Crippen LogP contribution in [0, 0.1) is 5.92 Å². The van der Waals surface area contributed by atoms with E-state index in [0.29, 0.717) is 30.2 Å². The van der Waals surface area contributed by atoms with Crippen molar-refractivity contribution in [1.82, 2.24) is 9.80 Å². The van der Waals surface area contributed by atoms with E-state index in [1.54, 1.807) is 4.90 Å². The summed E-state index contributed by atoms with van der Waals surface area (Å²) in [6, 6.07) is 7.63. The average Bonchev–Trinajstić information content (AvgIpc) is 2.67. The zero-order valence-electron chi connectivity index (χ0n) is 17.5. The van der Waals surface area contributed by atoms with Gasteiger partial charge in [-0.25, -0.2) is 0 Å². The molecule has 0 radical (unpaired) electrons. The van der Waals surface area contributed by atoms with Gasteiger partial charge in [-0.05, 0) is 50.2 Å². The number of carbonyl (C=O) groups is 2. The molecule has 5 heteroatoms. The van der Waals surface area contributed by atoms with Gasteiger partial charge in [0.25, 0.3) is 5.91 Å². The Morgan fingerprint density at radius 3 is 2.61 bits per heavy atom. The molecule has 2 atom stereocenters. The number of ether oxygens (including phenoxy) is 1. The second-order valence-electron chi connectivity index (χ2n) is 8.62. The molecule has 2 aliphatic rings. The smallest absolute Gasteiger partial charge is 0.257 e. The van der Waals surface area contributed by atoms with Crippen LogP contribution in [0.25, 0.3) is 0 Å². The van der Waals surface area contributed by atoms with Gasteiger partial charge < -0.3 is 14.5 Å². The molecule has 1 aromatic rings. The van der Waals surface area contributed by atoms with E-state index in [1.807, 2.05) is 31.3 Å². The van der Waals surface area contributed by atoms with Crippen LogP contribution >= 0.6 is 0 Å². The number of hydrogen-bond acceptors (Lipinski definition) is 3. The van der Waals surface area contributed by atoms with Gasteiger partial charge in [0.05, 0.1) is 11.6 Å². The predicted octanol–water partition coefficient (Wildman–Crippen LogP) is 4.12. The Labute approximate surface area is 169 Å². The van der Waals surface area contributed by atoms with E-state index in [9.17, 15) is 9.59 Å². The van der Waals surface area contributed by atoms with Crippen molar-refractivity contribution in [3.63, 3.8) is 0 Å². The number of para-hydroxylation sites is 1. The third kappa shape index (κ3) is 4.86. The molecule has 0 bridgehead atoms. The minimum Gasteiger partial charge on any atom is -0.487 e. The molecule has 154 valence electrons. The maximum atomic E-state index is 13.0. The molecule has 1 fully saturated rings. The first-order chi connectivity index (χ1) is 13.5. The SMILES string of the molecule is CC(C)CC(=O)N1CCCCN(C)C(=O)c2ccccc2O[C@H]2CCCC[C@H]21. The van der Waals surface area contributed by atoms with E-state index in [0.717, 1.165) is 45.1 Å². The van der Waals surface area contributed by atoms with Crippen LogP contribution in [0.4, 0.5) is 0 Å². The number of amides is 2. The molecule has 0 aromatic heterocycles. The number of benzene rings is 1. The highest BCUT2D eigenvalue weighted by Crippen LogP contribution is 2.31. The Morgan fingerprint density at radius 1 is 1.11 bits per heavy atom. The van der Waals surface area contributed by atoms with E-state index in [1.165, 1.54) is 0 Å².